The molecule has 2 aromatic carbocycles. The highest BCUT2D eigenvalue weighted by Gasteiger charge is 2.21. The van der Waals surface area contributed by atoms with Gasteiger partial charge in [0, 0.05) is 30.6 Å². The lowest BCUT2D eigenvalue weighted by molar-refractivity contribution is 0.473. The van der Waals surface area contributed by atoms with Crippen LogP contribution in [0.3, 0.4) is 0 Å². The lowest BCUT2D eigenvalue weighted by Gasteiger charge is -2.21. The van der Waals surface area contributed by atoms with Crippen molar-refractivity contribution in [3.8, 4) is 5.75 Å². The Kier molecular flexibility index (Phi) is 7.91. The summed E-state index contributed by atoms with van der Waals surface area (Å²) in [5, 5.41) is 13.7. The third kappa shape index (κ3) is 5.86. The maximum atomic E-state index is 14.1. The van der Waals surface area contributed by atoms with Gasteiger partial charge in [-0.15, -0.1) is 0 Å². The van der Waals surface area contributed by atoms with Crippen LogP contribution in [0.1, 0.15) is 24.0 Å². The molecular formula is C27H27BFN3O3S. The number of phenols is 1. The number of aliphatic imine (C=N–C) groups is 1. The van der Waals surface area contributed by atoms with E-state index >= 15 is 0 Å². The van der Waals surface area contributed by atoms with Gasteiger partial charge in [0.1, 0.15) is 24.3 Å². The molecule has 2 aromatic rings. The molecule has 0 amide bonds. The predicted octanol–water partition coefficient (Wildman–Crippen LogP) is 3.90. The molecule has 0 saturated carbocycles. The number of nitrogens with zero attached hydrogens (tertiary/aromatic N) is 1. The fourth-order valence-corrected chi connectivity index (χ4v) is 5.59. The highest BCUT2D eigenvalue weighted by molar-refractivity contribution is 7.89. The summed E-state index contributed by atoms with van der Waals surface area (Å²) >= 11 is 0. The predicted molar refractivity (Wildman–Crippen MR) is 142 cm³/mol. The van der Waals surface area contributed by atoms with Crippen LogP contribution in [0, 0.1) is 12.7 Å². The van der Waals surface area contributed by atoms with Crippen molar-refractivity contribution in [3.63, 3.8) is 0 Å². The third-order valence-electron chi connectivity index (χ3n) is 6.02. The average molecular weight is 503 g/mol. The molecule has 36 heavy (non-hydrogen) atoms. The van der Waals surface area contributed by atoms with Gasteiger partial charge in [0.15, 0.2) is 0 Å². The fraction of sp³-hybridized carbons (Fsp3) is 0.222. The minimum atomic E-state index is -3.96. The van der Waals surface area contributed by atoms with Crippen LogP contribution in [0.5, 0.6) is 5.75 Å². The molecule has 0 unspecified atom stereocenters. The van der Waals surface area contributed by atoms with E-state index in [1.165, 1.54) is 6.07 Å². The molecule has 1 aliphatic carbocycles. The van der Waals surface area contributed by atoms with Crippen molar-refractivity contribution in [2.24, 2.45) is 4.99 Å². The first-order valence-corrected chi connectivity index (χ1v) is 13.1. The van der Waals surface area contributed by atoms with Crippen LogP contribution in [0.25, 0.3) is 5.57 Å². The molecule has 0 aromatic heterocycles. The third-order valence-corrected chi connectivity index (χ3v) is 7.66. The molecule has 184 valence electrons. The molecule has 0 spiro atoms. The largest absolute Gasteiger partial charge is 0.507 e. The number of halogens is 1. The highest BCUT2D eigenvalue weighted by Crippen LogP contribution is 2.32. The number of hydrogen-bond acceptors (Lipinski definition) is 5. The number of fused-ring (bicyclic) bond motifs is 1. The number of aryl methyl sites for hydroxylation is 1. The Morgan fingerprint density at radius 3 is 2.69 bits per heavy atom. The smallest absolute Gasteiger partial charge is 0.243 e. The van der Waals surface area contributed by atoms with E-state index in [4.69, 9.17) is 7.85 Å². The van der Waals surface area contributed by atoms with Crippen LogP contribution in [0.2, 0.25) is 0 Å². The number of phenolic OH excluding ortho intramolecular Hbond substituents is 1. The molecular weight excluding hydrogens is 476 g/mol. The minimum Gasteiger partial charge on any atom is -0.507 e. The summed E-state index contributed by atoms with van der Waals surface area (Å²) in [6.07, 6.45) is 8.69. The van der Waals surface area contributed by atoms with Crippen molar-refractivity contribution >= 4 is 29.7 Å². The summed E-state index contributed by atoms with van der Waals surface area (Å²) < 4.78 is 41.8. The Balaban J connectivity index is 1.49. The second kappa shape index (κ2) is 11.1. The first kappa shape index (κ1) is 25.7. The Morgan fingerprint density at radius 1 is 1.11 bits per heavy atom. The van der Waals surface area contributed by atoms with Crippen molar-refractivity contribution in [3.05, 3.63) is 100.0 Å². The Morgan fingerprint density at radius 2 is 1.92 bits per heavy atom. The number of allylic oxidation sites excluding steroid dienone is 5. The van der Waals surface area contributed by atoms with E-state index in [1.54, 1.807) is 31.3 Å². The van der Waals surface area contributed by atoms with Crippen molar-refractivity contribution in [1.29, 1.82) is 0 Å². The standard InChI is InChI=1S/C27H27BFN3O3S/c1-18-6-4-8-25(29)27(18)36(34,35)32-13-5-12-31-21-14-19(23-7-2-3-9-26(23)33)10-11-22-20(15-21)16-30-17-24(22)28/h2-4,6-10,14-15,17,31-33H,5,11-13,16H2,1H3/b19-10+,20-15-,21-14+. The molecule has 0 atom stereocenters. The zero-order valence-electron chi connectivity index (χ0n) is 20.0. The van der Waals surface area contributed by atoms with Crippen LogP contribution in [-0.2, 0) is 10.0 Å². The van der Waals surface area contributed by atoms with Crippen molar-refractivity contribution in [2.75, 3.05) is 19.6 Å². The van der Waals surface area contributed by atoms with Gasteiger partial charge in [0.05, 0.1) is 6.54 Å². The van der Waals surface area contributed by atoms with Crippen molar-refractivity contribution in [1.82, 2.24) is 10.0 Å². The number of para-hydroxylation sites is 1. The van der Waals surface area contributed by atoms with Crippen LogP contribution in [-0.4, -0.2) is 47.2 Å². The first-order valence-electron chi connectivity index (χ1n) is 11.6. The Labute approximate surface area is 212 Å². The van der Waals surface area contributed by atoms with Crippen LogP contribution in [0.4, 0.5) is 4.39 Å². The lowest BCUT2D eigenvalue weighted by Crippen LogP contribution is -2.28. The van der Waals surface area contributed by atoms with Gasteiger partial charge >= 0.3 is 0 Å². The van der Waals surface area contributed by atoms with Crippen LogP contribution >= 0.6 is 0 Å². The molecule has 2 radical (unpaired) electrons. The zero-order chi connectivity index (χ0) is 25.7. The quantitative estimate of drug-likeness (QED) is 0.377. The van der Waals surface area contributed by atoms with E-state index in [1.807, 2.05) is 30.4 Å². The van der Waals surface area contributed by atoms with Gasteiger partial charge in [0.25, 0.3) is 0 Å². The fourth-order valence-electron chi connectivity index (χ4n) is 4.21. The summed E-state index contributed by atoms with van der Waals surface area (Å²) in [5.74, 6) is -0.595. The molecule has 3 N–H and O–H groups in total. The topological polar surface area (TPSA) is 90.8 Å². The van der Waals surface area contributed by atoms with Gasteiger partial charge in [-0.1, -0.05) is 41.9 Å². The molecule has 0 fully saturated rings. The first-order chi connectivity index (χ1) is 17.3. The van der Waals surface area contributed by atoms with Gasteiger partial charge in [-0.2, -0.15) is 0 Å². The minimum absolute atomic E-state index is 0.136. The summed E-state index contributed by atoms with van der Waals surface area (Å²) in [4.78, 5) is 4.00. The number of aromatic hydroxyl groups is 1. The highest BCUT2D eigenvalue weighted by atomic mass is 32.2. The Bertz CT molecular complexity index is 1410. The van der Waals surface area contributed by atoms with Gasteiger partial charge < -0.3 is 10.4 Å². The number of benzene rings is 2. The monoisotopic (exact) mass is 503 g/mol. The van der Waals surface area contributed by atoms with Crippen LogP contribution in [0.15, 0.2) is 92.9 Å². The lowest BCUT2D eigenvalue weighted by atomic mass is 9.82. The van der Waals surface area contributed by atoms with E-state index in [9.17, 15) is 17.9 Å². The number of rotatable bonds is 8. The molecule has 0 saturated heterocycles. The van der Waals surface area contributed by atoms with Crippen molar-refractivity contribution < 1.29 is 17.9 Å². The van der Waals surface area contributed by atoms with Crippen LogP contribution < -0.4 is 10.0 Å². The molecule has 6 nitrogen and oxygen atoms in total. The average Bonchev–Trinajstić information content (AvgIpc) is 2.81. The molecule has 2 aliphatic rings. The maximum absolute atomic E-state index is 14.1. The summed E-state index contributed by atoms with van der Waals surface area (Å²) in [6, 6.07) is 11.3. The van der Waals surface area contributed by atoms with E-state index in [0.29, 0.717) is 42.5 Å². The number of sulfonamides is 1. The van der Waals surface area contributed by atoms with Gasteiger partial charge in [-0.05, 0) is 66.3 Å². The molecule has 0 bridgehead atoms. The number of dihydropyridines is 1. The van der Waals surface area contributed by atoms with E-state index in [0.717, 1.165) is 28.5 Å². The molecule has 1 heterocycles. The number of hydrogen-bond donors (Lipinski definition) is 3. The van der Waals surface area contributed by atoms with Gasteiger partial charge in [-0.3, -0.25) is 4.99 Å². The van der Waals surface area contributed by atoms with E-state index in [-0.39, 0.29) is 17.2 Å². The molecule has 9 heteroatoms. The molecule has 1 aliphatic heterocycles. The van der Waals surface area contributed by atoms with Crippen molar-refractivity contribution in [2.45, 2.75) is 24.7 Å². The second-order valence-corrected chi connectivity index (χ2v) is 10.3. The van der Waals surface area contributed by atoms with Gasteiger partial charge in [0.2, 0.25) is 10.0 Å². The van der Waals surface area contributed by atoms with Gasteiger partial charge in [-0.25, -0.2) is 17.5 Å². The molecule has 4 rings (SSSR count). The summed E-state index contributed by atoms with van der Waals surface area (Å²) in [7, 11) is 2.24. The second-order valence-electron chi connectivity index (χ2n) is 8.62. The van der Waals surface area contributed by atoms with E-state index in [2.05, 4.69) is 15.0 Å². The number of nitrogens with one attached hydrogen (secondary N) is 2. The normalized spacial score (nSPS) is 20.2. The maximum Gasteiger partial charge on any atom is 0.243 e. The summed E-state index contributed by atoms with van der Waals surface area (Å²) in [6.45, 7) is 2.67. The summed E-state index contributed by atoms with van der Waals surface area (Å²) in [5.41, 5.74) is 5.27. The van der Waals surface area contributed by atoms with E-state index < -0.39 is 15.8 Å². The SMILES string of the molecule is [B]C1=C2C\C=C(c3ccccc3O)/C=C(NCCCNS(=O)(=O)c3c(C)cccc3F)\C=C/2CN=C1. The Hall–Kier alpha value is -3.43. The zero-order valence-corrected chi connectivity index (χ0v) is 20.8.